The van der Waals surface area contributed by atoms with E-state index in [9.17, 15) is 4.79 Å². The number of rotatable bonds is 0. The van der Waals surface area contributed by atoms with Gasteiger partial charge in [-0.05, 0) is 25.0 Å². The molecule has 2 heterocycles. The molecule has 1 aromatic heterocycles. The standard InChI is InChI=1S/C14H19N3O/c1-17-13-11(6-5-9-15-13)16-12(18)10-14(17)7-3-2-4-8-14/h5-6,9H,2-4,7-8,10H2,1H3,(H,16,18). The second-order valence-electron chi connectivity index (χ2n) is 5.44. The average molecular weight is 245 g/mol. The molecule has 0 radical (unpaired) electrons. The third-order valence-corrected chi connectivity index (χ3v) is 4.36. The number of anilines is 2. The van der Waals surface area contributed by atoms with Crippen LogP contribution in [-0.4, -0.2) is 23.5 Å². The van der Waals surface area contributed by atoms with Crippen LogP contribution in [0.3, 0.4) is 0 Å². The lowest BCUT2D eigenvalue weighted by Gasteiger charge is -2.43. The number of carbonyl (C=O) groups excluding carboxylic acids is 1. The van der Waals surface area contributed by atoms with Crippen LogP contribution in [0.25, 0.3) is 0 Å². The van der Waals surface area contributed by atoms with Gasteiger partial charge in [0.2, 0.25) is 5.91 Å². The van der Waals surface area contributed by atoms with E-state index in [2.05, 4.69) is 22.2 Å². The minimum Gasteiger partial charge on any atom is -0.352 e. The Bertz CT molecular complexity index is 466. The van der Waals surface area contributed by atoms with Crippen molar-refractivity contribution in [3.63, 3.8) is 0 Å². The molecule has 96 valence electrons. The highest BCUT2D eigenvalue weighted by Gasteiger charge is 2.41. The molecule has 1 aliphatic carbocycles. The van der Waals surface area contributed by atoms with Gasteiger partial charge in [0, 0.05) is 13.2 Å². The molecule has 0 unspecified atom stereocenters. The molecule has 0 bridgehead atoms. The number of hydrogen-bond acceptors (Lipinski definition) is 3. The Labute approximate surface area is 107 Å². The molecule has 1 N–H and O–H groups in total. The lowest BCUT2D eigenvalue weighted by atomic mass is 9.78. The first-order chi connectivity index (χ1) is 8.71. The van der Waals surface area contributed by atoms with E-state index >= 15 is 0 Å². The SMILES string of the molecule is CN1c2ncccc2NC(=O)CC12CCCCC2. The van der Waals surface area contributed by atoms with Crippen LogP contribution in [0.15, 0.2) is 18.3 Å². The second kappa shape index (κ2) is 4.26. The predicted molar refractivity (Wildman–Crippen MR) is 71.7 cm³/mol. The number of hydrogen-bond donors (Lipinski definition) is 1. The predicted octanol–water partition coefficient (Wildman–Crippen LogP) is 2.56. The van der Waals surface area contributed by atoms with Crippen LogP contribution in [0.5, 0.6) is 0 Å². The van der Waals surface area contributed by atoms with Gasteiger partial charge < -0.3 is 10.2 Å². The van der Waals surface area contributed by atoms with E-state index in [1.807, 2.05) is 12.1 Å². The Morgan fingerprint density at radius 3 is 2.89 bits per heavy atom. The summed E-state index contributed by atoms with van der Waals surface area (Å²) in [4.78, 5) is 18.8. The smallest absolute Gasteiger partial charge is 0.226 e. The summed E-state index contributed by atoms with van der Waals surface area (Å²) in [5, 5.41) is 2.98. The zero-order valence-corrected chi connectivity index (χ0v) is 10.8. The van der Waals surface area contributed by atoms with Gasteiger partial charge in [0.1, 0.15) is 0 Å². The first kappa shape index (κ1) is 11.5. The molecule has 1 aromatic rings. The molecule has 1 amide bonds. The van der Waals surface area contributed by atoms with Gasteiger partial charge in [-0.15, -0.1) is 0 Å². The number of fused-ring (bicyclic) bond motifs is 1. The van der Waals surface area contributed by atoms with Crippen molar-refractivity contribution in [2.45, 2.75) is 44.1 Å². The van der Waals surface area contributed by atoms with Crippen LogP contribution in [0.2, 0.25) is 0 Å². The largest absolute Gasteiger partial charge is 0.352 e. The molecule has 18 heavy (non-hydrogen) atoms. The molecule has 1 spiro atoms. The van der Waals surface area contributed by atoms with Gasteiger partial charge >= 0.3 is 0 Å². The van der Waals surface area contributed by atoms with E-state index in [1.165, 1.54) is 19.3 Å². The van der Waals surface area contributed by atoms with Crippen LogP contribution >= 0.6 is 0 Å². The molecular weight excluding hydrogens is 226 g/mol. The maximum atomic E-state index is 12.1. The van der Waals surface area contributed by atoms with E-state index in [-0.39, 0.29) is 11.4 Å². The van der Waals surface area contributed by atoms with Crippen LogP contribution in [0.1, 0.15) is 38.5 Å². The molecule has 3 rings (SSSR count). The number of amides is 1. The van der Waals surface area contributed by atoms with Crippen molar-refractivity contribution < 1.29 is 4.79 Å². The highest BCUT2D eigenvalue weighted by Crippen LogP contribution is 2.41. The molecule has 4 heteroatoms. The molecule has 2 aliphatic rings. The Morgan fingerprint density at radius 1 is 1.33 bits per heavy atom. The summed E-state index contributed by atoms with van der Waals surface area (Å²) in [5.74, 6) is 1.03. The fraction of sp³-hybridized carbons (Fsp3) is 0.571. The molecule has 1 aliphatic heterocycles. The third kappa shape index (κ3) is 1.76. The highest BCUT2D eigenvalue weighted by atomic mass is 16.1. The second-order valence-corrected chi connectivity index (χ2v) is 5.44. The summed E-state index contributed by atoms with van der Waals surface area (Å²) in [6.07, 6.45) is 8.26. The van der Waals surface area contributed by atoms with Crippen molar-refractivity contribution in [3.8, 4) is 0 Å². The van der Waals surface area contributed by atoms with E-state index in [4.69, 9.17) is 0 Å². The summed E-state index contributed by atoms with van der Waals surface area (Å²) in [6, 6.07) is 3.80. The fourth-order valence-corrected chi connectivity index (χ4v) is 3.32. The summed E-state index contributed by atoms with van der Waals surface area (Å²) >= 11 is 0. The van der Waals surface area contributed by atoms with Gasteiger partial charge in [-0.1, -0.05) is 19.3 Å². The number of pyridine rings is 1. The summed E-state index contributed by atoms with van der Waals surface area (Å²) in [7, 11) is 2.08. The Balaban J connectivity index is 2.05. The first-order valence-corrected chi connectivity index (χ1v) is 6.70. The minimum absolute atomic E-state index is 0.0259. The first-order valence-electron chi connectivity index (χ1n) is 6.70. The van der Waals surface area contributed by atoms with Crippen molar-refractivity contribution in [2.75, 3.05) is 17.3 Å². The minimum atomic E-state index is -0.0259. The summed E-state index contributed by atoms with van der Waals surface area (Å²) < 4.78 is 0. The van der Waals surface area contributed by atoms with Gasteiger partial charge in [-0.25, -0.2) is 4.98 Å². The molecule has 0 atom stereocenters. The quantitative estimate of drug-likeness (QED) is 0.764. The fourth-order valence-electron chi connectivity index (χ4n) is 3.32. The van der Waals surface area contributed by atoms with Gasteiger partial charge in [-0.2, -0.15) is 0 Å². The normalized spacial score (nSPS) is 22.3. The molecule has 1 saturated carbocycles. The van der Waals surface area contributed by atoms with Crippen LogP contribution in [-0.2, 0) is 4.79 Å². The van der Waals surface area contributed by atoms with Crippen molar-refractivity contribution in [1.29, 1.82) is 0 Å². The van der Waals surface area contributed by atoms with Crippen molar-refractivity contribution in [1.82, 2.24) is 4.98 Å². The van der Waals surface area contributed by atoms with Crippen molar-refractivity contribution >= 4 is 17.4 Å². The highest BCUT2D eigenvalue weighted by molar-refractivity contribution is 5.96. The van der Waals surface area contributed by atoms with E-state index in [1.54, 1.807) is 6.20 Å². The van der Waals surface area contributed by atoms with Gasteiger partial charge in [-0.3, -0.25) is 4.79 Å². The Morgan fingerprint density at radius 2 is 2.11 bits per heavy atom. The van der Waals surface area contributed by atoms with Gasteiger partial charge in [0.25, 0.3) is 0 Å². The third-order valence-electron chi connectivity index (χ3n) is 4.36. The number of carbonyl (C=O) groups is 1. The lowest BCUT2D eigenvalue weighted by molar-refractivity contribution is -0.117. The number of nitrogens with one attached hydrogen (secondary N) is 1. The number of nitrogens with zero attached hydrogens (tertiary/aromatic N) is 2. The van der Waals surface area contributed by atoms with Gasteiger partial charge in [0.15, 0.2) is 5.82 Å². The van der Waals surface area contributed by atoms with E-state index in [0.29, 0.717) is 6.42 Å². The molecule has 4 nitrogen and oxygen atoms in total. The van der Waals surface area contributed by atoms with E-state index in [0.717, 1.165) is 24.3 Å². The van der Waals surface area contributed by atoms with Crippen molar-refractivity contribution in [2.24, 2.45) is 0 Å². The maximum Gasteiger partial charge on any atom is 0.226 e. The van der Waals surface area contributed by atoms with Crippen LogP contribution < -0.4 is 10.2 Å². The lowest BCUT2D eigenvalue weighted by Crippen LogP contribution is -2.49. The maximum absolute atomic E-state index is 12.1. The zero-order chi connectivity index (χ0) is 12.6. The summed E-state index contributed by atoms with van der Waals surface area (Å²) in [5.41, 5.74) is 0.814. The van der Waals surface area contributed by atoms with Crippen LogP contribution in [0.4, 0.5) is 11.5 Å². The Kier molecular flexibility index (Phi) is 2.73. The molecule has 0 aromatic carbocycles. The van der Waals surface area contributed by atoms with Gasteiger partial charge in [0.05, 0.1) is 17.6 Å². The van der Waals surface area contributed by atoms with E-state index < -0.39 is 0 Å². The van der Waals surface area contributed by atoms with Crippen molar-refractivity contribution in [3.05, 3.63) is 18.3 Å². The van der Waals surface area contributed by atoms with Crippen LogP contribution in [0, 0.1) is 0 Å². The zero-order valence-electron chi connectivity index (χ0n) is 10.8. The molecule has 1 fully saturated rings. The Hall–Kier alpha value is -1.58. The molecule has 0 saturated heterocycles. The average Bonchev–Trinajstić information content (AvgIpc) is 2.48. The monoisotopic (exact) mass is 245 g/mol. The number of aromatic nitrogens is 1. The molecular formula is C14H19N3O. The topological polar surface area (TPSA) is 45.2 Å². The summed E-state index contributed by atoms with van der Waals surface area (Å²) in [6.45, 7) is 0.